The van der Waals surface area contributed by atoms with Gasteiger partial charge in [-0.25, -0.2) is 0 Å². The van der Waals surface area contributed by atoms with Gasteiger partial charge in [-0.1, -0.05) is 45.9 Å². The van der Waals surface area contributed by atoms with Gasteiger partial charge < -0.3 is 4.90 Å². The molecule has 1 heterocycles. The molecule has 0 saturated carbocycles. The number of hydrogen-bond donors (Lipinski definition) is 0. The second kappa shape index (κ2) is 12.9. The Hall–Kier alpha value is -1.57. The number of fused-ring (bicyclic) bond motifs is 1. The summed E-state index contributed by atoms with van der Waals surface area (Å²) in [5, 5.41) is 0. The van der Waals surface area contributed by atoms with Crippen LogP contribution in [0, 0.1) is 0 Å². The Labute approximate surface area is 119 Å². The molecule has 0 N–H and O–H groups in total. The van der Waals surface area contributed by atoms with Crippen molar-refractivity contribution < 1.29 is 4.79 Å². The number of amides is 1. The monoisotopic (exact) mass is 263 g/mol. The summed E-state index contributed by atoms with van der Waals surface area (Å²) in [7, 11) is 0. The number of carbonyl (C=O) groups is 1. The van der Waals surface area contributed by atoms with Crippen LogP contribution in [0.25, 0.3) is 0 Å². The highest BCUT2D eigenvalue weighted by molar-refractivity contribution is 5.96. The Balaban J connectivity index is 0. The molecule has 0 fully saturated rings. The maximum atomic E-state index is 11.8. The van der Waals surface area contributed by atoms with Crippen LogP contribution in [0.15, 0.2) is 37.4 Å². The quantitative estimate of drug-likeness (QED) is 0.680. The van der Waals surface area contributed by atoms with Crippen molar-refractivity contribution in [1.82, 2.24) is 4.90 Å². The van der Waals surface area contributed by atoms with Gasteiger partial charge in [0.1, 0.15) is 0 Å². The molecule has 0 radical (unpaired) electrons. The second-order valence-electron chi connectivity index (χ2n) is 3.29. The first-order valence-electron chi connectivity index (χ1n) is 7.20. The fraction of sp³-hybridized carbons (Fsp3) is 0.471. The van der Waals surface area contributed by atoms with E-state index in [1.165, 1.54) is 5.56 Å². The van der Waals surface area contributed by atoms with Gasteiger partial charge in [0.2, 0.25) is 0 Å². The van der Waals surface area contributed by atoms with Crippen LogP contribution in [0.3, 0.4) is 0 Å². The fourth-order valence-corrected chi connectivity index (χ4v) is 1.78. The number of rotatable bonds is 1. The summed E-state index contributed by atoms with van der Waals surface area (Å²) in [5.41, 5.74) is 2.08. The van der Waals surface area contributed by atoms with Crippen molar-refractivity contribution in [2.45, 2.75) is 41.0 Å². The first-order chi connectivity index (χ1) is 9.33. The topological polar surface area (TPSA) is 20.3 Å². The first-order valence-corrected chi connectivity index (χ1v) is 7.20. The lowest BCUT2D eigenvalue weighted by Gasteiger charge is -2.27. The minimum absolute atomic E-state index is 0.185. The van der Waals surface area contributed by atoms with Crippen molar-refractivity contribution in [3.63, 3.8) is 0 Å². The van der Waals surface area contributed by atoms with Gasteiger partial charge in [0.25, 0.3) is 5.91 Å². The van der Waals surface area contributed by atoms with Crippen LogP contribution in [0.1, 0.15) is 50.5 Å². The van der Waals surface area contributed by atoms with Gasteiger partial charge in [-0.2, -0.15) is 0 Å². The molecule has 1 aromatic rings. The summed E-state index contributed by atoms with van der Waals surface area (Å²) >= 11 is 0. The van der Waals surface area contributed by atoms with Crippen LogP contribution in [-0.4, -0.2) is 23.9 Å². The van der Waals surface area contributed by atoms with E-state index >= 15 is 0 Å². The van der Waals surface area contributed by atoms with Gasteiger partial charge in [-0.15, -0.1) is 13.2 Å². The van der Waals surface area contributed by atoms with Crippen molar-refractivity contribution in [3.05, 3.63) is 48.6 Å². The average molecular weight is 263 g/mol. The predicted octanol–water partition coefficient (Wildman–Crippen LogP) is 4.56. The van der Waals surface area contributed by atoms with Crippen LogP contribution >= 0.6 is 0 Å². The molecule has 1 amide bonds. The van der Waals surface area contributed by atoms with Crippen molar-refractivity contribution in [3.8, 4) is 0 Å². The third-order valence-electron chi connectivity index (χ3n) is 2.57. The average Bonchev–Trinajstić information content (AvgIpc) is 2.54. The first kappa shape index (κ1) is 19.8. The third kappa shape index (κ3) is 5.73. The Kier molecular flexibility index (Phi) is 13.4. The van der Waals surface area contributed by atoms with E-state index in [4.69, 9.17) is 0 Å². The van der Waals surface area contributed by atoms with E-state index in [2.05, 4.69) is 13.2 Å². The Bertz CT molecular complexity index is 347. The smallest absolute Gasteiger partial charge is 0.254 e. The number of likely N-dealkylation sites (N-methyl/N-ethyl adjacent to an activating group) is 1. The highest BCUT2D eigenvalue weighted by Gasteiger charge is 2.21. The molecule has 1 aliphatic heterocycles. The summed E-state index contributed by atoms with van der Waals surface area (Å²) < 4.78 is 0. The molecular weight excluding hydrogens is 234 g/mol. The van der Waals surface area contributed by atoms with Gasteiger partial charge >= 0.3 is 0 Å². The molecule has 2 heteroatoms. The van der Waals surface area contributed by atoms with Crippen molar-refractivity contribution in [2.24, 2.45) is 0 Å². The van der Waals surface area contributed by atoms with Crippen LogP contribution in [-0.2, 0) is 6.42 Å². The van der Waals surface area contributed by atoms with E-state index in [9.17, 15) is 4.79 Å². The zero-order valence-corrected chi connectivity index (χ0v) is 13.2. The summed E-state index contributed by atoms with van der Waals surface area (Å²) in [5.74, 6) is 0.185. The van der Waals surface area contributed by atoms with E-state index in [-0.39, 0.29) is 5.91 Å². The molecule has 108 valence electrons. The maximum Gasteiger partial charge on any atom is 0.254 e. The zero-order valence-electron chi connectivity index (χ0n) is 13.2. The highest BCUT2D eigenvalue weighted by Crippen LogP contribution is 2.17. The summed E-state index contributed by atoms with van der Waals surface area (Å²) in [6.45, 7) is 17.7. The number of nitrogens with zero attached hydrogens (tertiary/aromatic N) is 1. The lowest BCUT2D eigenvalue weighted by molar-refractivity contribution is 0.0749. The zero-order chi connectivity index (χ0) is 15.3. The van der Waals surface area contributed by atoms with Crippen LogP contribution in [0.5, 0.6) is 0 Å². The van der Waals surface area contributed by atoms with Gasteiger partial charge in [0, 0.05) is 18.7 Å². The second-order valence-corrected chi connectivity index (χ2v) is 3.29. The molecular formula is C17H29NO. The molecule has 0 spiro atoms. The Morgan fingerprint density at radius 1 is 1.11 bits per heavy atom. The summed E-state index contributed by atoms with van der Waals surface area (Å²) in [4.78, 5) is 13.7. The van der Waals surface area contributed by atoms with Crippen LogP contribution in [0.2, 0.25) is 0 Å². The molecule has 0 aliphatic carbocycles. The minimum atomic E-state index is 0.185. The molecule has 0 bridgehead atoms. The molecule has 2 nitrogen and oxygen atoms in total. The molecule has 0 atom stereocenters. The molecule has 0 unspecified atom stereocenters. The van der Waals surface area contributed by atoms with Gasteiger partial charge in [0.05, 0.1) is 0 Å². The molecule has 0 aromatic heterocycles. The third-order valence-corrected chi connectivity index (χ3v) is 2.57. The maximum absolute atomic E-state index is 11.8. The van der Waals surface area contributed by atoms with Crippen molar-refractivity contribution in [1.29, 1.82) is 0 Å². The number of benzene rings is 1. The van der Waals surface area contributed by atoms with Crippen LogP contribution in [0.4, 0.5) is 0 Å². The fourth-order valence-electron chi connectivity index (χ4n) is 1.78. The van der Waals surface area contributed by atoms with Crippen molar-refractivity contribution in [2.75, 3.05) is 13.1 Å². The van der Waals surface area contributed by atoms with Gasteiger partial charge in [-0.05, 0) is 25.0 Å². The lowest BCUT2D eigenvalue weighted by Crippen LogP contribution is -2.37. The van der Waals surface area contributed by atoms with E-state index in [1.807, 2.05) is 63.8 Å². The van der Waals surface area contributed by atoms with E-state index < -0.39 is 0 Å². The molecule has 2 rings (SSSR count). The number of hydrogen-bond acceptors (Lipinski definition) is 1. The molecule has 19 heavy (non-hydrogen) atoms. The standard InChI is InChI=1S/C11H13NO.2C2H6.C2H4/c1-2-12-8-7-9-5-3-4-6-10(9)11(12)13;3*1-2/h3-6H,2,7-8H2,1H3;2*1-2H3;1-2H2. The minimum Gasteiger partial charge on any atom is -0.339 e. The normalized spacial score (nSPS) is 11.6. The summed E-state index contributed by atoms with van der Waals surface area (Å²) in [6.07, 6.45) is 0.996. The van der Waals surface area contributed by atoms with E-state index in [1.54, 1.807) is 0 Å². The molecule has 1 aromatic carbocycles. The molecule has 1 aliphatic rings. The van der Waals surface area contributed by atoms with Gasteiger partial charge in [0.15, 0.2) is 0 Å². The molecule has 0 saturated heterocycles. The SMILES string of the molecule is C=C.CC.CC.CCN1CCc2ccccc2C1=O. The lowest BCUT2D eigenvalue weighted by atomic mass is 9.99. The van der Waals surface area contributed by atoms with Crippen molar-refractivity contribution >= 4 is 5.91 Å². The largest absolute Gasteiger partial charge is 0.339 e. The Morgan fingerprint density at radius 2 is 1.63 bits per heavy atom. The van der Waals surface area contributed by atoms with E-state index in [0.29, 0.717) is 0 Å². The summed E-state index contributed by atoms with van der Waals surface area (Å²) in [6, 6.07) is 7.88. The highest BCUT2D eigenvalue weighted by atomic mass is 16.2. The van der Waals surface area contributed by atoms with Gasteiger partial charge in [-0.3, -0.25) is 4.79 Å². The Morgan fingerprint density at radius 3 is 2.16 bits per heavy atom. The number of carbonyl (C=O) groups excluding carboxylic acids is 1. The predicted molar refractivity (Wildman–Crippen MR) is 85.7 cm³/mol. The van der Waals surface area contributed by atoms with Crippen LogP contribution < -0.4 is 0 Å². The van der Waals surface area contributed by atoms with E-state index in [0.717, 1.165) is 25.1 Å².